The number of carbonyl (C=O) groups is 1. The van der Waals surface area contributed by atoms with Gasteiger partial charge in [0.2, 0.25) is 0 Å². The van der Waals surface area contributed by atoms with Gasteiger partial charge in [0.05, 0.1) is 4.92 Å². The van der Waals surface area contributed by atoms with E-state index in [2.05, 4.69) is 27.9 Å². The fourth-order valence-corrected chi connectivity index (χ4v) is 2.24. The lowest BCUT2D eigenvalue weighted by Crippen LogP contribution is -2.22. The molecule has 102 valence electrons. The first-order valence-electron chi connectivity index (χ1n) is 5.83. The summed E-state index contributed by atoms with van der Waals surface area (Å²) in [6.07, 6.45) is 0. The summed E-state index contributed by atoms with van der Waals surface area (Å²) in [7, 11) is 0. The molecule has 1 N–H and O–H groups in total. The summed E-state index contributed by atoms with van der Waals surface area (Å²) in [5.41, 5.74) is 1.28. The van der Waals surface area contributed by atoms with Crippen LogP contribution < -0.4 is 5.32 Å². The third-order valence-electron chi connectivity index (χ3n) is 2.66. The first-order valence-corrected chi connectivity index (χ1v) is 6.91. The fraction of sp³-hybridized carbons (Fsp3) is 0.0714. The van der Waals surface area contributed by atoms with Crippen molar-refractivity contribution in [2.45, 2.75) is 6.54 Å². The van der Waals surface area contributed by atoms with Crippen molar-refractivity contribution in [3.05, 3.63) is 73.3 Å². The van der Waals surface area contributed by atoms with Gasteiger partial charge in [0, 0.05) is 27.8 Å². The Balaban J connectivity index is 2.03. The summed E-state index contributed by atoms with van der Waals surface area (Å²) in [6.45, 7) is 0.256. The van der Waals surface area contributed by atoms with Crippen molar-refractivity contribution in [3.8, 4) is 0 Å². The molecular formula is C14H11IN2O3. The van der Waals surface area contributed by atoms with Crippen molar-refractivity contribution in [2.75, 3.05) is 0 Å². The second kappa shape index (κ2) is 6.47. The number of nitrogens with zero attached hydrogens (tertiary/aromatic N) is 1. The number of amides is 1. The first-order chi connectivity index (χ1) is 9.56. The molecular weight excluding hydrogens is 371 g/mol. The van der Waals surface area contributed by atoms with Crippen LogP contribution in [0.15, 0.2) is 48.5 Å². The molecule has 2 rings (SSSR count). The van der Waals surface area contributed by atoms with Gasteiger partial charge in [-0.3, -0.25) is 14.9 Å². The van der Waals surface area contributed by atoms with Gasteiger partial charge in [-0.05, 0) is 46.4 Å². The SMILES string of the molecule is O=C(NCc1cccc([N+](=O)[O-])c1)c1cccc(I)c1. The highest BCUT2D eigenvalue weighted by Gasteiger charge is 2.08. The molecule has 0 atom stereocenters. The minimum absolute atomic E-state index is 0.0195. The number of hydrogen-bond donors (Lipinski definition) is 1. The van der Waals surface area contributed by atoms with E-state index in [1.54, 1.807) is 24.3 Å². The molecule has 1 amide bonds. The average molecular weight is 382 g/mol. The maximum Gasteiger partial charge on any atom is 0.269 e. The molecule has 0 bridgehead atoms. The van der Waals surface area contributed by atoms with Crippen LogP contribution in [0.3, 0.4) is 0 Å². The maximum atomic E-state index is 11.9. The Morgan fingerprint density at radius 1 is 1.20 bits per heavy atom. The molecule has 0 heterocycles. The Hall–Kier alpha value is -1.96. The van der Waals surface area contributed by atoms with Crippen LogP contribution in [0.1, 0.15) is 15.9 Å². The predicted molar refractivity (Wildman–Crippen MR) is 83.4 cm³/mol. The van der Waals surface area contributed by atoms with Gasteiger partial charge in [0.15, 0.2) is 0 Å². The van der Waals surface area contributed by atoms with Crippen LogP contribution in [0.5, 0.6) is 0 Å². The second-order valence-electron chi connectivity index (χ2n) is 4.12. The summed E-state index contributed by atoms with van der Waals surface area (Å²) >= 11 is 2.14. The monoisotopic (exact) mass is 382 g/mol. The zero-order valence-corrected chi connectivity index (χ0v) is 12.5. The summed E-state index contributed by atoms with van der Waals surface area (Å²) in [4.78, 5) is 22.2. The van der Waals surface area contributed by atoms with E-state index >= 15 is 0 Å². The van der Waals surface area contributed by atoms with E-state index in [1.165, 1.54) is 12.1 Å². The van der Waals surface area contributed by atoms with Crippen LogP contribution in [-0.2, 0) is 6.54 Å². The number of nitro benzene ring substituents is 1. The molecule has 2 aromatic carbocycles. The lowest BCUT2D eigenvalue weighted by Gasteiger charge is -2.05. The third-order valence-corrected chi connectivity index (χ3v) is 3.33. The zero-order valence-electron chi connectivity index (χ0n) is 10.4. The molecule has 2 aromatic rings. The number of nitrogens with one attached hydrogen (secondary N) is 1. The highest BCUT2D eigenvalue weighted by atomic mass is 127. The van der Waals surface area contributed by atoms with Gasteiger partial charge in [-0.25, -0.2) is 0 Å². The molecule has 6 heteroatoms. The Bertz CT molecular complexity index is 658. The molecule has 0 spiro atoms. The molecule has 0 fully saturated rings. The second-order valence-corrected chi connectivity index (χ2v) is 5.37. The van der Waals surface area contributed by atoms with E-state index in [1.807, 2.05) is 12.1 Å². The van der Waals surface area contributed by atoms with Crippen molar-refractivity contribution in [1.29, 1.82) is 0 Å². The molecule has 0 saturated carbocycles. The highest BCUT2D eigenvalue weighted by Crippen LogP contribution is 2.13. The van der Waals surface area contributed by atoms with E-state index in [-0.39, 0.29) is 18.1 Å². The van der Waals surface area contributed by atoms with Crippen LogP contribution in [-0.4, -0.2) is 10.8 Å². The molecule has 0 radical (unpaired) electrons. The largest absolute Gasteiger partial charge is 0.348 e. The van der Waals surface area contributed by atoms with E-state index in [4.69, 9.17) is 0 Å². The number of benzene rings is 2. The molecule has 0 aliphatic rings. The summed E-state index contributed by atoms with van der Waals surface area (Å²) in [5.74, 6) is -0.199. The Morgan fingerprint density at radius 2 is 1.95 bits per heavy atom. The standard InChI is InChI=1S/C14H11IN2O3/c15-12-5-2-4-11(8-12)14(18)16-9-10-3-1-6-13(7-10)17(19)20/h1-8H,9H2,(H,16,18). The number of halogens is 1. The molecule has 0 unspecified atom stereocenters. The minimum atomic E-state index is -0.453. The number of rotatable bonds is 4. The van der Waals surface area contributed by atoms with E-state index < -0.39 is 4.92 Å². The molecule has 0 aromatic heterocycles. The van der Waals surface area contributed by atoms with Crippen LogP contribution in [0.25, 0.3) is 0 Å². The number of hydrogen-bond acceptors (Lipinski definition) is 3. The normalized spacial score (nSPS) is 10.1. The van der Waals surface area contributed by atoms with Gasteiger partial charge in [0.25, 0.3) is 11.6 Å². The van der Waals surface area contributed by atoms with Crippen LogP contribution in [0.4, 0.5) is 5.69 Å². The summed E-state index contributed by atoms with van der Waals surface area (Å²) < 4.78 is 0.977. The smallest absolute Gasteiger partial charge is 0.269 e. The van der Waals surface area contributed by atoms with Crippen LogP contribution in [0, 0.1) is 13.7 Å². The minimum Gasteiger partial charge on any atom is -0.348 e. The number of non-ortho nitro benzene ring substituents is 1. The number of nitro groups is 1. The van der Waals surface area contributed by atoms with Crippen molar-refractivity contribution < 1.29 is 9.72 Å². The van der Waals surface area contributed by atoms with Crippen molar-refractivity contribution in [2.24, 2.45) is 0 Å². The molecule has 0 aliphatic carbocycles. The molecule has 5 nitrogen and oxygen atoms in total. The predicted octanol–water partition coefficient (Wildman–Crippen LogP) is 3.13. The van der Waals surface area contributed by atoms with Crippen LogP contribution >= 0.6 is 22.6 Å². The van der Waals surface area contributed by atoms with Gasteiger partial charge >= 0.3 is 0 Å². The van der Waals surface area contributed by atoms with Gasteiger partial charge in [0.1, 0.15) is 0 Å². The van der Waals surface area contributed by atoms with Gasteiger partial charge in [-0.2, -0.15) is 0 Å². The number of carbonyl (C=O) groups excluding carboxylic acids is 1. The van der Waals surface area contributed by atoms with E-state index in [0.717, 1.165) is 3.57 Å². The first kappa shape index (κ1) is 14.4. The average Bonchev–Trinajstić information content (AvgIpc) is 2.45. The van der Waals surface area contributed by atoms with Gasteiger partial charge < -0.3 is 5.32 Å². The lowest BCUT2D eigenvalue weighted by atomic mass is 10.2. The highest BCUT2D eigenvalue weighted by molar-refractivity contribution is 14.1. The topological polar surface area (TPSA) is 72.2 Å². The summed E-state index contributed by atoms with van der Waals surface area (Å²) in [6, 6.07) is 13.4. The summed E-state index contributed by atoms with van der Waals surface area (Å²) in [5, 5.41) is 13.4. The molecule has 20 heavy (non-hydrogen) atoms. The van der Waals surface area contributed by atoms with Crippen molar-refractivity contribution >= 4 is 34.2 Å². The van der Waals surface area contributed by atoms with Crippen molar-refractivity contribution in [1.82, 2.24) is 5.32 Å². The third kappa shape index (κ3) is 3.77. The zero-order chi connectivity index (χ0) is 14.5. The fourth-order valence-electron chi connectivity index (χ4n) is 1.69. The van der Waals surface area contributed by atoms with Crippen LogP contribution in [0.2, 0.25) is 0 Å². The Morgan fingerprint density at radius 3 is 2.65 bits per heavy atom. The van der Waals surface area contributed by atoms with E-state index in [0.29, 0.717) is 11.1 Å². The molecule has 0 saturated heterocycles. The lowest BCUT2D eigenvalue weighted by molar-refractivity contribution is -0.384. The molecule has 0 aliphatic heterocycles. The van der Waals surface area contributed by atoms with Crippen molar-refractivity contribution in [3.63, 3.8) is 0 Å². The maximum absolute atomic E-state index is 11.9. The Labute approximate surface area is 129 Å². The van der Waals surface area contributed by atoms with Gasteiger partial charge in [-0.15, -0.1) is 0 Å². The quantitative estimate of drug-likeness (QED) is 0.502. The Kier molecular flexibility index (Phi) is 4.67. The van der Waals surface area contributed by atoms with E-state index in [9.17, 15) is 14.9 Å². The van der Waals surface area contributed by atoms with Gasteiger partial charge in [-0.1, -0.05) is 18.2 Å².